The number of carbonyl (C=O) groups is 1. The van der Waals surface area contributed by atoms with Crippen molar-refractivity contribution in [2.75, 3.05) is 0 Å². The van der Waals surface area contributed by atoms with Gasteiger partial charge in [-0.2, -0.15) is 0 Å². The number of Topliss-reactive ketones (excluding diaryl/α,β-unsaturated/α-hetero) is 1. The van der Waals surface area contributed by atoms with E-state index in [-0.39, 0.29) is 17.4 Å². The van der Waals surface area contributed by atoms with E-state index in [0.29, 0.717) is 6.42 Å². The zero-order valence-corrected chi connectivity index (χ0v) is 9.79. The Morgan fingerprint density at radius 1 is 1.65 bits per heavy atom. The highest BCUT2D eigenvalue weighted by molar-refractivity contribution is 5.92. The number of aliphatic hydroxyl groups excluding tert-OH is 1. The number of nitrogens with zero attached hydrogens (tertiary/aromatic N) is 1. The van der Waals surface area contributed by atoms with Crippen molar-refractivity contribution in [2.45, 2.75) is 26.4 Å². The Hall–Kier alpha value is -1.49. The molecule has 0 spiro atoms. The molecule has 1 N–H and O–H groups in total. The van der Waals surface area contributed by atoms with E-state index in [1.165, 1.54) is 12.2 Å². The van der Waals surface area contributed by atoms with E-state index in [4.69, 9.17) is 0 Å². The first-order chi connectivity index (χ1) is 7.86. The molecule has 0 aromatic carbocycles. The van der Waals surface area contributed by atoms with Crippen LogP contribution in [-0.2, 0) is 4.79 Å². The van der Waals surface area contributed by atoms with Crippen LogP contribution in [0.5, 0.6) is 0 Å². The molecule has 2 aliphatic rings. The largest absolute Gasteiger partial charge is 0.393 e. The van der Waals surface area contributed by atoms with Crippen LogP contribution in [0.15, 0.2) is 23.9 Å². The highest BCUT2D eigenvalue weighted by Crippen LogP contribution is 2.48. The summed E-state index contributed by atoms with van der Waals surface area (Å²) in [5.74, 6) is -0.559. The summed E-state index contributed by atoms with van der Waals surface area (Å²) in [5, 5.41) is 20.3. The van der Waals surface area contributed by atoms with Crippen molar-refractivity contribution in [1.82, 2.24) is 0 Å². The minimum atomic E-state index is -0.835. The summed E-state index contributed by atoms with van der Waals surface area (Å²) in [4.78, 5) is 22.5. The van der Waals surface area contributed by atoms with Gasteiger partial charge in [0, 0.05) is 18.1 Å². The molecular formula is C12H15NO4. The fourth-order valence-corrected chi connectivity index (χ4v) is 2.76. The molecule has 2 rings (SSSR count). The van der Waals surface area contributed by atoms with Crippen molar-refractivity contribution in [3.8, 4) is 0 Å². The van der Waals surface area contributed by atoms with Gasteiger partial charge in [0.25, 0.3) is 5.70 Å². The van der Waals surface area contributed by atoms with E-state index in [2.05, 4.69) is 0 Å². The second kappa shape index (κ2) is 3.77. The van der Waals surface area contributed by atoms with Gasteiger partial charge in [-0.1, -0.05) is 6.08 Å². The molecular weight excluding hydrogens is 222 g/mol. The van der Waals surface area contributed by atoms with Crippen molar-refractivity contribution in [3.63, 3.8) is 0 Å². The predicted molar refractivity (Wildman–Crippen MR) is 60.6 cm³/mol. The molecule has 4 unspecified atom stereocenters. The van der Waals surface area contributed by atoms with Crippen LogP contribution in [0, 0.1) is 27.4 Å². The number of nitro groups is 1. The van der Waals surface area contributed by atoms with Crippen LogP contribution in [0.1, 0.15) is 20.3 Å². The molecule has 1 saturated carbocycles. The second-order valence-electron chi connectivity index (χ2n) is 5.02. The SMILES string of the molecule is CC(O)C1CC2C=CC([N+](=O)[O-])=CC2(C)C1=O. The van der Waals surface area contributed by atoms with Gasteiger partial charge in [0.05, 0.1) is 16.4 Å². The van der Waals surface area contributed by atoms with Gasteiger partial charge in [-0.05, 0) is 26.2 Å². The summed E-state index contributed by atoms with van der Waals surface area (Å²) in [7, 11) is 0. The maximum atomic E-state index is 12.2. The summed E-state index contributed by atoms with van der Waals surface area (Å²) in [6.45, 7) is 3.31. The van der Waals surface area contributed by atoms with E-state index in [1.54, 1.807) is 19.9 Å². The van der Waals surface area contributed by atoms with E-state index in [1.807, 2.05) is 0 Å². The quantitative estimate of drug-likeness (QED) is 0.580. The Kier molecular flexibility index (Phi) is 2.66. The number of fused-ring (bicyclic) bond motifs is 1. The number of aliphatic hydroxyl groups is 1. The molecule has 0 bridgehead atoms. The van der Waals surface area contributed by atoms with Crippen LogP contribution in [0.25, 0.3) is 0 Å². The molecule has 0 aliphatic heterocycles. The van der Waals surface area contributed by atoms with Gasteiger partial charge < -0.3 is 5.11 Å². The van der Waals surface area contributed by atoms with E-state index in [0.717, 1.165) is 0 Å². The zero-order valence-electron chi connectivity index (χ0n) is 9.79. The van der Waals surface area contributed by atoms with Gasteiger partial charge >= 0.3 is 0 Å². The maximum absolute atomic E-state index is 12.2. The third-order valence-corrected chi connectivity index (χ3v) is 3.89. The fraction of sp³-hybridized carbons (Fsp3) is 0.583. The van der Waals surface area contributed by atoms with E-state index >= 15 is 0 Å². The van der Waals surface area contributed by atoms with Gasteiger partial charge in [0.1, 0.15) is 5.78 Å². The van der Waals surface area contributed by atoms with Crippen LogP contribution in [0.2, 0.25) is 0 Å². The molecule has 0 aromatic rings. The standard InChI is InChI=1S/C12H15NO4/c1-7(14)10-5-8-3-4-9(13(16)17)6-12(8,2)11(10)15/h3-4,6-8,10,14H,5H2,1-2H3. The highest BCUT2D eigenvalue weighted by atomic mass is 16.6. The second-order valence-corrected chi connectivity index (χ2v) is 5.02. The van der Waals surface area contributed by atoms with Gasteiger partial charge in [-0.25, -0.2) is 0 Å². The van der Waals surface area contributed by atoms with Crippen LogP contribution in [0.4, 0.5) is 0 Å². The topological polar surface area (TPSA) is 80.4 Å². The monoisotopic (exact) mass is 237 g/mol. The molecule has 0 aromatic heterocycles. The molecule has 0 saturated heterocycles. The minimum absolute atomic E-state index is 0.0386. The lowest BCUT2D eigenvalue weighted by Gasteiger charge is -2.26. The average Bonchev–Trinajstić information content (AvgIpc) is 2.51. The number of allylic oxidation sites excluding steroid dienone is 3. The third kappa shape index (κ3) is 1.70. The number of rotatable bonds is 2. The summed E-state index contributed by atoms with van der Waals surface area (Å²) in [5.41, 5.74) is -0.873. The molecule has 2 aliphatic carbocycles. The molecule has 5 heteroatoms. The van der Waals surface area contributed by atoms with Crippen molar-refractivity contribution < 1.29 is 14.8 Å². The van der Waals surface area contributed by atoms with Crippen LogP contribution in [-0.4, -0.2) is 21.9 Å². The van der Waals surface area contributed by atoms with Gasteiger partial charge in [0.15, 0.2) is 0 Å². The average molecular weight is 237 g/mol. The molecule has 0 radical (unpaired) electrons. The van der Waals surface area contributed by atoms with Crippen LogP contribution in [0.3, 0.4) is 0 Å². The smallest absolute Gasteiger partial charge is 0.266 e. The van der Waals surface area contributed by atoms with Crippen molar-refractivity contribution in [1.29, 1.82) is 0 Å². The maximum Gasteiger partial charge on any atom is 0.266 e. The Bertz CT molecular complexity index is 438. The first-order valence-corrected chi connectivity index (χ1v) is 5.64. The molecule has 92 valence electrons. The Labute approximate surface area is 99.0 Å². The van der Waals surface area contributed by atoms with E-state index < -0.39 is 22.4 Å². The summed E-state index contributed by atoms with van der Waals surface area (Å²) in [6.07, 6.45) is 4.46. The molecule has 0 amide bonds. The summed E-state index contributed by atoms with van der Waals surface area (Å²) in [6, 6.07) is 0. The van der Waals surface area contributed by atoms with E-state index in [9.17, 15) is 20.0 Å². The van der Waals surface area contributed by atoms with Gasteiger partial charge in [0.2, 0.25) is 0 Å². The molecule has 1 fully saturated rings. The normalized spacial score (nSPS) is 37.6. The molecule has 4 atom stereocenters. The number of ketones is 1. The van der Waals surface area contributed by atoms with Crippen molar-refractivity contribution in [2.24, 2.45) is 17.3 Å². The Morgan fingerprint density at radius 3 is 2.82 bits per heavy atom. The first-order valence-electron chi connectivity index (χ1n) is 5.64. The number of hydrogen-bond acceptors (Lipinski definition) is 4. The third-order valence-electron chi connectivity index (χ3n) is 3.89. The van der Waals surface area contributed by atoms with Gasteiger partial charge in [-0.3, -0.25) is 14.9 Å². The number of carbonyl (C=O) groups excluding carboxylic acids is 1. The molecule has 5 nitrogen and oxygen atoms in total. The minimum Gasteiger partial charge on any atom is -0.393 e. The predicted octanol–water partition coefficient (Wildman–Crippen LogP) is 1.31. The van der Waals surface area contributed by atoms with Crippen LogP contribution < -0.4 is 0 Å². The lowest BCUT2D eigenvalue weighted by Crippen LogP contribution is -2.32. The van der Waals surface area contributed by atoms with Gasteiger partial charge in [-0.15, -0.1) is 0 Å². The molecule has 0 heterocycles. The Morgan fingerprint density at radius 2 is 2.29 bits per heavy atom. The van der Waals surface area contributed by atoms with Crippen molar-refractivity contribution in [3.05, 3.63) is 34.0 Å². The zero-order chi connectivity index (χ0) is 12.8. The fourth-order valence-electron chi connectivity index (χ4n) is 2.76. The Balaban J connectivity index is 2.39. The number of hydrogen-bond donors (Lipinski definition) is 1. The highest BCUT2D eigenvalue weighted by Gasteiger charge is 2.52. The van der Waals surface area contributed by atoms with Crippen LogP contribution >= 0.6 is 0 Å². The summed E-state index contributed by atoms with van der Waals surface area (Å²) >= 11 is 0. The lowest BCUT2D eigenvalue weighted by atomic mass is 9.75. The van der Waals surface area contributed by atoms with Crippen molar-refractivity contribution >= 4 is 5.78 Å². The molecule has 17 heavy (non-hydrogen) atoms. The summed E-state index contributed by atoms with van der Waals surface area (Å²) < 4.78 is 0. The first kappa shape index (κ1) is 12.0. The lowest BCUT2D eigenvalue weighted by molar-refractivity contribution is -0.420.